The van der Waals surface area contributed by atoms with Crippen LogP contribution in [0.4, 0.5) is 8.78 Å². The summed E-state index contributed by atoms with van der Waals surface area (Å²) in [4.78, 5) is 0. The average molecular weight is 215 g/mol. The third-order valence-corrected chi connectivity index (χ3v) is 2.48. The van der Waals surface area contributed by atoms with E-state index in [4.69, 9.17) is 0 Å². The van der Waals surface area contributed by atoms with E-state index in [9.17, 15) is 13.9 Å². The lowest BCUT2D eigenvalue weighted by Gasteiger charge is -2.23. The zero-order valence-corrected chi connectivity index (χ0v) is 8.80. The minimum absolute atomic E-state index is 0.0829. The van der Waals surface area contributed by atoms with Crippen LogP contribution in [0, 0.1) is 0 Å². The van der Waals surface area contributed by atoms with Gasteiger partial charge in [-0.15, -0.1) is 0 Å². The molecule has 1 aromatic carbocycles. The van der Waals surface area contributed by atoms with E-state index in [-0.39, 0.29) is 11.3 Å². The number of para-hydroxylation sites is 1. The number of phenols is 1. The van der Waals surface area contributed by atoms with Crippen LogP contribution in [0.15, 0.2) is 24.3 Å². The number of hydrogen-bond acceptors (Lipinski definition) is 2. The minimum Gasteiger partial charge on any atom is -0.508 e. The molecule has 0 bridgehead atoms. The summed E-state index contributed by atoms with van der Waals surface area (Å²) in [6.45, 7) is 1.42. The van der Waals surface area contributed by atoms with Gasteiger partial charge in [-0.05, 0) is 25.6 Å². The van der Waals surface area contributed by atoms with Gasteiger partial charge in [0.2, 0.25) is 0 Å². The predicted molar refractivity (Wildman–Crippen MR) is 55.3 cm³/mol. The fraction of sp³-hybridized carbons (Fsp3) is 0.455. The Morgan fingerprint density at radius 1 is 1.40 bits per heavy atom. The second-order valence-corrected chi connectivity index (χ2v) is 3.58. The molecule has 2 nitrogen and oxygen atoms in total. The molecule has 0 amide bonds. The summed E-state index contributed by atoms with van der Waals surface area (Å²) in [6.07, 6.45) is -0.457. The predicted octanol–water partition coefficient (Wildman–Crippen LogP) is 2.18. The Morgan fingerprint density at radius 2 is 2.00 bits per heavy atom. The first-order chi connectivity index (χ1) is 6.97. The van der Waals surface area contributed by atoms with Gasteiger partial charge in [-0.2, -0.15) is 0 Å². The molecular formula is C11H15F2NO. The molecule has 0 spiro atoms. The summed E-state index contributed by atoms with van der Waals surface area (Å²) in [5.74, 6) is -2.95. The topological polar surface area (TPSA) is 32.3 Å². The van der Waals surface area contributed by atoms with Crippen LogP contribution in [-0.2, 0) is 6.42 Å². The van der Waals surface area contributed by atoms with Crippen molar-refractivity contribution >= 4 is 0 Å². The number of rotatable bonds is 4. The number of nitrogens with one attached hydrogen (secondary N) is 1. The molecule has 2 N–H and O–H groups in total. The highest BCUT2D eigenvalue weighted by Crippen LogP contribution is 2.28. The molecule has 4 heteroatoms. The largest absolute Gasteiger partial charge is 0.508 e. The Labute approximate surface area is 87.9 Å². The third-order valence-electron chi connectivity index (χ3n) is 2.48. The van der Waals surface area contributed by atoms with E-state index in [1.807, 2.05) is 0 Å². The van der Waals surface area contributed by atoms with E-state index >= 15 is 0 Å². The van der Waals surface area contributed by atoms with Crippen LogP contribution in [0.5, 0.6) is 5.75 Å². The molecule has 15 heavy (non-hydrogen) atoms. The summed E-state index contributed by atoms with van der Waals surface area (Å²) in [5.41, 5.74) is 0.268. The number of phenolic OH excluding ortho intramolecular Hbond substituents is 1. The van der Waals surface area contributed by atoms with Crippen molar-refractivity contribution in [1.82, 2.24) is 5.32 Å². The van der Waals surface area contributed by atoms with Gasteiger partial charge in [-0.25, -0.2) is 8.78 Å². The van der Waals surface area contributed by atoms with Gasteiger partial charge >= 0.3 is 0 Å². The zero-order valence-electron chi connectivity index (χ0n) is 8.80. The molecule has 1 aromatic rings. The maximum absolute atomic E-state index is 13.5. The maximum atomic E-state index is 13.5. The van der Waals surface area contributed by atoms with E-state index in [0.29, 0.717) is 0 Å². The van der Waals surface area contributed by atoms with Crippen molar-refractivity contribution in [1.29, 1.82) is 0 Å². The first kappa shape index (κ1) is 11.9. The van der Waals surface area contributed by atoms with E-state index in [1.54, 1.807) is 12.1 Å². The van der Waals surface area contributed by atoms with Crippen molar-refractivity contribution in [2.24, 2.45) is 0 Å². The Hall–Kier alpha value is -1.16. The minimum atomic E-state index is -2.87. The van der Waals surface area contributed by atoms with Gasteiger partial charge in [0, 0.05) is 6.42 Å². The van der Waals surface area contributed by atoms with Crippen molar-refractivity contribution < 1.29 is 13.9 Å². The quantitative estimate of drug-likeness (QED) is 0.806. The second-order valence-electron chi connectivity index (χ2n) is 3.58. The smallest absolute Gasteiger partial charge is 0.266 e. The van der Waals surface area contributed by atoms with Gasteiger partial charge in [0.05, 0.1) is 6.04 Å². The van der Waals surface area contributed by atoms with Crippen molar-refractivity contribution in [3.05, 3.63) is 29.8 Å². The van der Waals surface area contributed by atoms with Gasteiger partial charge in [0.1, 0.15) is 5.75 Å². The molecular weight excluding hydrogens is 200 g/mol. The van der Waals surface area contributed by atoms with Crippen molar-refractivity contribution in [3.63, 3.8) is 0 Å². The fourth-order valence-corrected chi connectivity index (χ4v) is 1.28. The molecule has 0 aliphatic heterocycles. The van der Waals surface area contributed by atoms with Crippen LogP contribution < -0.4 is 5.32 Å². The van der Waals surface area contributed by atoms with Gasteiger partial charge in [0.25, 0.3) is 5.92 Å². The molecule has 0 saturated heterocycles. The van der Waals surface area contributed by atoms with Crippen LogP contribution in [0.2, 0.25) is 0 Å². The van der Waals surface area contributed by atoms with E-state index in [2.05, 4.69) is 5.32 Å². The zero-order chi connectivity index (χ0) is 11.5. The van der Waals surface area contributed by atoms with Crippen molar-refractivity contribution in [2.45, 2.75) is 25.3 Å². The number of aromatic hydroxyl groups is 1. The van der Waals surface area contributed by atoms with E-state index < -0.39 is 18.4 Å². The maximum Gasteiger partial charge on any atom is 0.266 e. The molecule has 0 aromatic heterocycles. The first-order valence-corrected chi connectivity index (χ1v) is 4.79. The van der Waals surface area contributed by atoms with Crippen molar-refractivity contribution in [3.8, 4) is 5.75 Å². The molecule has 1 rings (SSSR count). The lowest BCUT2D eigenvalue weighted by molar-refractivity contribution is -0.0289. The number of halogens is 2. The van der Waals surface area contributed by atoms with Crippen LogP contribution in [-0.4, -0.2) is 24.1 Å². The number of hydrogen-bond donors (Lipinski definition) is 2. The highest BCUT2D eigenvalue weighted by atomic mass is 19.3. The van der Waals surface area contributed by atoms with Gasteiger partial charge in [-0.3, -0.25) is 0 Å². The summed E-state index contributed by atoms with van der Waals surface area (Å²) in [7, 11) is 1.49. The Morgan fingerprint density at radius 3 is 2.53 bits per heavy atom. The van der Waals surface area contributed by atoms with Crippen LogP contribution in [0.3, 0.4) is 0 Å². The monoisotopic (exact) mass is 215 g/mol. The third kappa shape index (κ3) is 2.89. The molecule has 0 saturated carbocycles. The normalized spacial score (nSPS) is 13.9. The lowest BCUT2D eigenvalue weighted by atomic mass is 10.0. The molecule has 0 aliphatic rings. The Bertz CT molecular complexity index is 328. The standard InChI is InChI=1S/C11H15F2NO/c1-8(14-2)11(12,13)7-9-5-3-4-6-10(9)15/h3-6,8,14-15H,7H2,1-2H3. The van der Waals surface area contributed by atoms with Crippen LogP contribution >= 0.6 is 0 Å². The highest BCUT2D eigenvalue weighted by molar-refractivity contribution is 5.32. The SMILES string of the molecule is CNC(C)C(F)(F)Cc1ccccc1O. The first-order valence-electron chi connectivity index (χ1n) is 4.79. The summed E-state index contributed by atoms with van der Waals surface area (Å²) < 4.78 is 27.0. The van der Waals surface area contributed by atoms with E-state index in [0.717, 1.165) is 0 Å². The Balaban J connectivity index is 2.81. The molecule has 0 radical (unpaired) electrons. The lowest BCUT2D eigenvalue weighted by Crippen LogP contribution is -2.42. The van der Waals surface area contributed by atoms with Gasteiger partial charge in [-0.1, -0.05) is 18.2 Å². The fourth-order valence-electron chi connectivity index (χ4n) is 1.28. The molecule has 0 heterocycles. The number of alkyl halides is 2. The molecule has 1 atom stereocenters. The van der Waals surface area contributed by atoms with E-state index in [1.165, 1.54) is 26.1 Å². The summed E-state index contributed by atoms with van der Waals surface area (Å²) in [6, 6.07) is 5.24. The molecule has 0 fully saturated rings. The molecule has 1 unspecified atom stereocenters. The summed E-state index contributed by atoms with van der Waals surface area (Å²) >= 11 is 0. The second kappa shape index (κ2) is 4.57. The summed E-state index contributed by atoms with van der Waals surface area (Å²) in [5, 5.41) is 11.9. The Kier molecular flexibility index (Phi) is 3.63. The average Bonchev–Trinajstić information content (AvgIpc) is 2.20. The van der Waals surface area contributed by atoms with Crippen LogP contribution in [0.25, 0.3) is 0 Å². The van der Waals surface area contributed by atoms with Crippen molar-refractivity contribution in [2.75, 3.05) is 7.05 Å². The van der Waals surface area contributed by atoms with Gasteiger partial charge < -0.3 is 10.4 Å². The van der Waals surface area contributed by atoms with Gasteiger partial charge in [0.15, 0.2) is 0 Å². The molecule has 84 valence electrons. The molecule has 0 aliphatic carbocycles. The van der Waals surface area contributed by atoms with Crippen LogP contribution in [0.1, 0.15) is 12.5 Å². The highest BCUT2D eigenvalue weighted by Gasteiger charge is 2.36. The number of benzene rings is 1.